The van der Waals surface area contributed by atoms with E-state index in [1.165, 1.54) is 4.90 Å². The number of carboxylic acid groups (broad SMARTS) is 1. The maximum Gasteiger partial charge on any atom is 0.327 e. The van der Waals surface area contributed by atoms with Crippen LogP contribution < -0.4 is 15.0 Å². The Morgan fingerprint density at radius 1 is 1.21 bits per heavy atom. The molecule has 1 aromatic heterocycles. The lowest BCUT2D eigenvalue weighted by Gasteiger charge is -2.28. The topological polar surface area (TPSA) is 91.8 Å². The van der Waals surface area contributed by atoms with Gasteiger partial charge in [-0.2, -0.15) is 0 Å². The second-order valence-corrected chi connectivity index (χ2v) is 5.31. The summed E-state index contributed by atoms with van der Waals surface area (Å²) in [6.07, 6.45) is 0.291. The van der Waals surface area contributed by atoms with Crippen LogP contribution in [0.2, 0.25) is 0 Å². The van der Waals surface area contributed by atoms with E-state index >= 15 is 0 Å². The van der Waals surface area contributed by atoms with Crippen molar-refractivity contribution in [2.75, 3.05) is 23.4 Å². The van der Waals surface area contributed by atoms with Crippen molar-refractivity contribution in [2.24, 2.45) is 0 Å². The molecular formula is C17H17N3O4. The van der Waals surface area contributed by atoms with Gasteiger partial charge in [-0.3, -0.25) is 9.69 Å². The number of para-hydroxylation sites is 1. The maximum atomic E-state index is 12.5. The molecule has 2 heterocycles. The molecule has 0 radical (unpaired) electrons. The van der Waals surface area contributed by atoms with E-state index in [2.05, 4.69) is 10.3 Å². The van der Waals surface area contributed by atoms with E-state index in [0.717, 1.165) is 0 Å². The molecule has 0 aliphatic carbocycles. The zero-order valence-electron chi connectivity index (χ0n) is 12.9. The van der Waals surface area contributed by atoms with Crippen molar-refractivity contribution in [3.63, 3.8) is 0 Å². The van der Waals surface area contributed by atoms with Crippen molar-refractivity contribution < 1.29 is 19.4 Å². The maximum absolute atomic E-state index is 12.5. The summed E-state index contributed by atoms with van der Waals surface area (Å²) in [6.45, 7) is 0.756. The highest BCUT2D eigenvalue weighted by Crippen LogP contribution is 2.30. The van der Waals surface area contributed by atoms with Gasteiger partial charge in [0.2, 0.25) is 0 Å². The largest absolute Gasteiger partial charge is 0.488 e. The molecule has 0 bridgehead atoms. The van der Waals surface area contributed by atoms with Gasteiger partial charge < -0.3 is 15.2 Å². The van der Waals surface area contributed by atoms with E-state index in [9.17, 15) is 9.59 Å². The zero-order valence-corrected chi connectivity index (χ0v) is 12.9. The van der Waals surface area contributed by atoms with Gasteiger partial charge in [-0.25, -0.2) is 9.78 Å². The number of fused-ring (bicyclic) bond motifs is 1. The third-order valence-corrected chi connectivity index (χ3v) is 3.59. The summed E-state index contributed by atoms with van der Waals surface area (Å²) in [5, 5.41) is 11.6. The van der Waals surface area contributed by atoms with Crippen molar-refractivity contribution in [1.82, 2.24) is 4.98 Å². The summed E-state index contributed by atoms with van der Waals surface area (Å²) in [5.74, 6) is 0.0468. The predicted molar refractivity (Wildman–Crippen MR) is 88.5 cm³/mol. The third kappa shape index (κ3) is 3.62. The van der Waals surface area contributed by atoms with E-state index in [4.69, 9.17) is 9.84 Å². The second-order valence-electron chi connectivity index (χ2n) is 5.31. The molecule has 7 nitrogen and oxygen atoms in total. The lowest BCUT2D eigenvalue weighted by atomic mass is 10.2. The third-order valence-electron chi connectivity index (χ3n) is 3.59. The van der Waals surface area contributed by atoms with Crippen LogP contribution in [-0.4, -0.2) is 35.2 Å². The number of aromatic nitrogens is 1. The summed E-state index contributed by atoms with van der Waals surface area (Å²) < 4.78 is 5.53. The summed E-state index contributed by atoms with van der Waals surface area (Å²) in [6, 6.07) is 12.3. The highest BCUT2D eigenvalue weighted by molar-refractivity contribution is 6.02. The molecule has 0 unspecified atom stereocenters. The summed E-state index contributed by atoms with van der Waals surface area (Å²) in [7, 11) is 0. The predicted octanol–water partition coefficient (Wildman–Crippen LogP) is 2.53. The van der Waals surface area contributed by atoms with Gasteiger partial charge in [-0.15, -0.1) is 0 Å². The number of urea groups is 1. The summed E-state index contributed by atoms with van der Waals surface area (Å²) >= 11 is 0. The number of anilines is 2. The Morgan fingerprint density at radius 3 is 2.75 bits per heavy atom. The summed E-state index contributed by atoms with van der Waals surface area (Å²) in [4.78, 5) is 29.2. The van der Waals surface area contributed by atoms with Crippen LogP contribution in [0.3, 0.4) is 0 Å². The van der Waals surface area contributed by atoms with Gasteiger partial charge in [-0.05, 0) is 24.3 Å². The number of carboxylic acids is 1. The van der Waals surface area contributed by atoms with Crippen LogP contribution in [0.4, 0.5) is 16.3 Å². The highest BCUT2D eigenvalue weighted by atomic mass is 16.5. The van der Waals surface area contributed by atoms with Gasteiger partial charge in [0.05, 0.1) is 13.0 Å². The first-order chi connectivity index (χ1) is 11.6. The fraction of sp³-hybridized carbons (Fsp3) is 0.235. The molecule has 2 amide bonds. The lowest BCUT2D eigenvalue weighted by Crippen LogP contribution is -2.41. The number of hydrogen-bond acceptors (Lipinski definition) is 4. The Morgan fingerprint density at radius 2 is 2.00 bits per heavy atom. The van der Waals surface area contributed by atoms with Crippen molar-refractivity contribution in [1.29, 1.82) is 0 Å². The smallest absolute Gasteiger partial charge is 0.327 e. The lowest BCUT2D eigenvalue weighted by molar-refractivity contribution is -0.136. The first-order valence-corrected chi connectivity index (χ1v) is 7.61. The average Bonchev–Trinajstić information content (AvgIpc) is 2.60. The van der Waals surface area contributed by atoms with Crippen LogP contribution >= 0.6 is 0 Å². The van der Waals surface area contributed by atoms with E-state index in [1.54, 1.807) is 24.3 Å². The molecule has 24 heavy (non-hydrogen) atoms. The minimum atomic E-state index is -0.885. The highest BCUT2D eigenvalue weighted by Gasteiger charge is 2.25. The Labute approximate surface area is 138 Å². The average molecular weight is 327 g/mol. The number of aliphatic carboxylic acids is 1. The normalized spacial score (nSPS) is 12.9. The van der Waals surface area contributed by atoms with Gasteiger partial charge in [-0.1, -0.05) is 18.2 Å². The number of carbonyl (C=O) groups is 2. The molecule has 0 fully saturated rings. The van der Waals surface area contributed by atoms with Gasteiger partial charge in [0.15, 0.2) is 11.6 Å². The number of nitrogens with zero attached hydrogens (tertiary/aromatic N) is 2. The molecule has 0 atom stereocenters. The van der Waals surface area contributed by atoms with Crippen LogP contribution in [-0.2, 0) is 11.2 Å². The van der Waals surface area contributed by atoms with E-state index in [-0.39, 0.29) is 12.5 Å². The molecule has 1 aliphatic rings. The number of pyridine rings is 1. The molecule has 2 aromatic rings. The number of aryl methyl sites for hydroxylation is 1. The second kappa shape index (κ2) is 6.99. The number of benzene rings is 1. The standard InChI is InChI=1S/C17H17N3O4/c21-15(22)9-7-13-6-8-14-16(18-13)20(10-11-24-14)17(23)19-12-4-2-1-3-5-12/h1-6,8H,7,9-11H2,(H,19,23)(H,21,22). The van der Waals surface area contributed by atoms with Gasteiger partial charge in [0.1, 0.15) is 6.61 Å². The van der Waals surface area contributed by atoms with E-state index < -0.39 is 5.97 Å². The molecule has 2 N–H and O–H groups in total. The van der Waals surface area contributed by atoms with Crippen molar-refractivity contribution in [3.05, 3.63) is 48.2 Å². The molecule has 7 heteroatoms. The number of carbonyl (C=O) groups excluding carboxylic acids is 1. The number of rotatable bonds is 4. The zero-order chi connectivity index (χ0) is 16.9. The molecule has 0 saturated heterocycles. The van der Waals surface area contributed by atoms with Crippen LogP contribution in [0.25, 0.3) is 0 Å². The first kappa shape index (κ1) is 15.8. The van der Waals surface area contributed by atoms with Gasteiger partial charge in [0.25, 0.3) is 0 Å². The Bertz CT molecular complexity index is 749. The fourth-order valence-corrected chi connectivity index (χ4v) is 2.42. The van der Waals surface area contributed by atoms with Crippen LogP contribution in [0.5, 0.6) is 5.75 Å². The first-order valence-electron chi connectivity index (χ1n) is 7.61. The molecule has 1 aromatic carbocycles. The molecule has 1 aliphatic heterocycles. The van der Waals surface area contributed by atoms with Crippen LogP contribution in [0, 0.1) is 0 Å². The van der Waals surface area contributed by atoms with Crippen molar-refractivity contribution >= 4 is 23.5 Å². The van der Waals surface area contributed by atoms with Crippen molar-refractivity contribution in [3.8, 4) is 5.75 Å². The monoisotopic (exact) mass is 327 g/mol. The number of ether oxygens (including phenoxy) is 1. The minimum absolute atomic E-state index is 0.0111. The molecule has 124 valence electrons. The quantitative estimate of drug-likeness (QED) is 0.900. The number of nitrogens with one attached hydrogen (secondary N) is 1. The Hall–Kier alpha value is -3.09. The molecule has 3 rings (SSSR count). The Kier molecular flexibility index (Phi) is 4.60. The van der Waals surface area contributed by atoms with Crippen LogP contribution in [0.15, 0.2) is 42.5 Å². The fourth-order valence-electron chi connectivity index (χ4n) is 2.42. The van der Waals surface area contributed by atoms with Gasteiger partial charge >= 0.3 is 12.0 Å². The summed E-state index contributed by atoms with van der Waals surface area (Å²) in [5.41, 5.74) is 1.30. The van der Waals surface area contributed by atoms with E-state index in [0.29, 0.717) is 42.5 Å². The van der Waals surface area contributed by atoms with Crippen LogP contribution in [0.1, 0.15) is 12.1 Å². The van der Waals surface area contributed by atoms with Crippen molar-refractivity contribution in [2.45, 2.75) is 12.8 Å². The number of amides is 2. The number of hydrogen-bond donors (Lipinski definition) is 2. The Balaban J connectivity index is 1.80. The minimum Gasteiger partial charge on any atom is -0.488 e. The molecule has 0 spiro atoms. The van der Waals surface area contributed by atoms with E-state index in [1.807, 2.05) is 18.2 Å². The SMILES string of the molecule is O=C(O)CCc1ccc2c(n1)N(C(=O)Nc1ccccc1)CCO2. The molecular weight excluding hydrogens is 310 g/mol. The molecule has 0 saturated carbocycles. The van der Waals surface area contributed by atoms with Gasteiger partial charge in [0, 0.05) is 17.8 Å².